The lowest BCUT2D eigenvalue weighted by atomic mass is 9.95. The molecule has 0 aliphatic heterocycles. The number of hydrogen-bond donors (Lipinski definition) is 1. The summed E-state index contributed by atoms with van der Waals surface area (Å²) in [6.07, 6.45) is -1.38. The van der Waals surface area contributed by atoms with Gasteiger partial charge in [-0.15, -0.1) is 0 Å². The lowest BCUT2D eigenvalue weighted by Crippen LogP contribution is -2.07. The van der Waals surface area contributed by atoms with Gasteiger partial charge in [-0.2, -0.15) is 0 Å². The summed E-state index contributed by atoms with van der Waals surface area (Å²) in [6, 6.07) is 12.1. The zero-order valence-electron chi connectivity index (χ0n) is 12.3. The topological polar surface area (TPSA) is 72.8 Å². The molecule has 0 heterocycles. The Balaban J connectivity index is 2.53. The van der Waals surface area contributed by atoms with E-state index in [-0.39, 0.29) is 12.4 Å². The highest BCUT2D eigenvalue weighted by Crippen LogP contribution is 2.32. The monoisotopic (exact) mass is 300 g/mol. The van der Waals surface area contributed by atoms with Crippen LogP contribution < -0.4 is 4.74 Å². The Hall–Kier alpha value is -2.82. The number of rotatable bonds is 4. The van der Waals surface area contributed by atoms with Crippen LogP contribution in [0.1, 0.15) is 22.8 Å². The van der Waals surface area contributed by atoms with Crippen molar-refractivity contribution in [2.45, 2.75) is 13.8 Å². The molecule has 0 aromatic heterocycles. The summed E-state index contributed by atoms with van der Waals surface area (Å²) in [5.74, 6) is -0.175. The summed E-state index contributed by atoms with van der Waals surface area (Å²) in [4.78, 5) is 22.8. The maximum absolute atomic E-state index is 12.1. The van der Waals surface area contributed by atoms with E-state index >= 15 is 0 Å². The first kappa shape index (κ1) is 15.6. The summed E-state index contributed by atoms with van der Waals surface area (Å²) < 4.78 is 9.82. The van der Waals surface area contributed by atoms with Gasteiger partial charge in [0.1, 0.15) is 5.75 Å². The smallest absolute Gasteiger partial charge is 0.462 e. The largest absolute Gasteiger partial charge is 0.511 e. The van der Waals surface area contributed by atoms with Crippen LogP contribution >= 0.6 is 0 Å². The maximum atomic E-state index is 12.1. The van der Waals surface area contributed by atoms with Crippen LogP contribution in [0.15, 0.2) is 42.5 Å². The van der Waals surface area contributed by atoms with Crippen molar-refractivity contribution >= 4 is 12.1 Å². The number of hydrogen-bond acceptors (Lipinski definition) is 4. The van der Waals surface area contributed by atoms with Crippen LogP contribution in [0.25, 0.3) is 11.1 Å². The molecule has 2 aromatic rings. The van der Waals surface area contributed by atoms with E-state index in [9.17, 15) is 9.59 Å². The van der Waals surface area contributed by atoms with Crippen LogP contribution in [0, 0.1) is 6.92 Å². The molecule has 5 heteroatoms. The molecule has 0 spiro atoms. The number of ether oxygens (including phenoxy) is 2. The third kappa shape index (κ3) is 3.25. The minimum atomic E-state index is -1.38. The average molecular weight is 300 g/mol. The summed E-state index contributed by atoms with van der Waals surface area (Å²) >= 11 is 0. The van der Waals surface area contributed by atoms with Crippen molar-refractivity contribution in [2.75, 3.05) is 6.61 Å². The van der Waals surface area contributed by atoms with Gasteiger partial charge in [0.15, 0.2) is 0 Å². The fraction of sp³-hybridized carbons (Fsp3) is 0.176. The lowest BCUT2D eigenvalue weighted by molar-refractivity contribution is 0.0527. The van der Waals surface area contributed by atoms with Crippen molar-refractivity contribution in [1.82, 2.24) is 0 Å². The van der Waals surface area contributed by atoms with E-state index in [0.717, 1.165) is 5.56 Å². The zero-order valence-corrected chi connectivity index (χ0v) is 12.3. The highest BCUT2D eigenvalue weighted by Gasteiger charge is 2.16. The quantitative estimate of drug-likeness (QED) is 0.685. The molecule has 0 fully saturated rings. The van der Waals surface area contributed by atoms with Gasteiger partial charge in [0.05, 0.1) is 12.2 Å². The summed E-state index contributed by atoms with van der Waals surface area (Å²) in [7, 11) is 0. The fourth-order valence-electron chi connectivity index (χ4n) is 2.22. The predicted octanol–water partition coefficient (Wildman–Crippen LogP) is 3.90. The predicted molar refractivity (Wildman–Crippen MR) is 81.2 cm³/mol. The molecule has 0 unspecified atom stereocenters. The van der Waals surface area contributed by atoms with E-state index in [2.05, 4.69) is 0 Å². The molecule has 0 bridgehead atoms. The fourth-order valence-corrected chi connectivity index (χ4v) is 2.22. The average Bonchev–Trinajstić information content (AvgIpc) is 2.49. The molecular weight excluding hydrogens is 284 g/mol. The number of carboxylic acid groups (broad SMARTS) is 1. The number of benzene rings is 2. The number of carbonyl (C=O) groups excluding carboxylic acids is 1. The molecule has 0 radical (unpaired) electrons. The first-order valence-corrected chi connectivity index (χ1v) is 6.81. The number of esters is 1. The van der Waals surface area contributed by atoms with Gasteiger partial charge in [-0.1, -0.05) is 30.3 Å². The molecule has 2 aromatic carbocycles. The van der Waals surface area contributed by atoms with Crippen molar-refractivity contribution in [3.63, 3.8) is 0 Å². The molecule has 114 valence electrons. The molecule has 0 aliphatic carbocycles. The van der Waals surface area contributed by atoms with E-state index in [1.807, 2.05) is 12.1 Å². The number of carbonyl (C=O) groups is 2. The molecule has 1 N–H and O–H groups in total. The van der Waals surface area contributed by atoms with E-state index in [4.69, 9.17) is 14.6 Å². The van der Waals surface area contributed by atoms with Crippen molar-refractivity contribution in [3.8, 4) is 16.9 Å². The second-order valence-electron chi connectivity index (χ2n) is 4.56. The Kier molecular flexibility index (Phi) is 4.78. The maximum Gasteiger partial charge on any atom is 0.511 e. The molecule has 0 aliphatic rings. The summed E-state index contributed by atoms with van der Waals surface area (Å²) in [6.45, 7) is 3.77. The van der Waals surface area contributed by atoms with Crippen molar-refractivity contribution in [1.29, 1.82) is 0 Å². The van der Waals surface area contributed by atoms with E-state index in [1.165, 1.54) is 0 Å². The molecule has 0 atom stereocenters. The molecule has 2 rings (SSSR count). The lowest BCUT2D eigenvalue weighted by Gasteiger charge is -2.13. The van der Waals surface area contributed by atoms with Crippen LogP contribution in [-0.4, -0.2) is 23.8 Å². The Morgan fingerprint density at radius 2 is 1.73 bits per heavy atom. The normalized spacial score (nSPS) is 10.1. The summed E-state index contributed by atoms with van der Waals surface area (Å²) in [5.41, 5.74) is 2.47. The highest BCUT2D eigenvalue weighted by atomic mass is 16.7. The SMILES string of the molecule is CCOC(=O)c1ccccc1-c1cccc(OC(=O)O)c1C. The Morgan fingerprint density at radius 3 is 2.41 bits per heavy atom. The first-order chi connectivity index (χ1) is 10.5. The van der Waals surface area contributed by atoms with Crippen LogP contribution in [0.2, 0.25) is 0 Å². The Bertz CT molecular complexity index is 706. The zero-order chi connectivity index (χ0) is 16.1. The van der Waals surface area contributed by atoms with E-state index < -0.39 is 12.1 Å². The van der Waals surface area contributed by atoms with Gasteiger partial charge in [-0.3, -0.25) is 0 Å². The molecular formula is C17H16O5. The van der Waals surface area contributed by atoms with Gasteiger partial charge in [0.2, 0.25) is 0 Å². The summed E-state index contributed by atoms with van der Waals surface area (Å²) in [5, 5.41) is 8.77. The van der Waals surface area contributed by atoms with Gasteiger partial charge in [-0.05, 0) is 42.7 Å². The minimum Gasteiger partial charge on any atom is -0.462 e. The van der Waals surface area contributed by atoms with E-state index in [0.29, 0.717) is 16.7 Å². The molecule has 0 amide bonds. The Labute approximate surface area is 128 Å². The third-order valence-electron chi connectivity index (χ3n) is 3.19. The first-order valence-electron chi connectivity index (χ1n) is 6.81. The van der Waals surface area contributed by atoms with Gasteiger partial charge in [0, 0.05) is 0 Å². The van der Waals surface area contributed by atoms with Gasteiger partial charge in [0.25, 0.3) is 0 Å². The molecule has 22 heavy (non-hydrogen) atoms. The Morgan fingerprint density at radius 1 is 1.05 bits per heavy atom. The second-order valence-corrected chi connectivity index (χ2v) is 4.56. The highest BCUT2D eigenvalue weighted by molar-refractivity contribution is 5.98. The van der Waals surface area contributed by atoms with Crippen LogP contribution in [0.3, 0.4) is 0 Å². The van der Waals surface area contributed by atoms with Crippen molar-refractivity contribution in [3.05, 3.63) is 53.6 Å². The standard InChI is InChI=1S/C17H16O5/c1-3-21-16(18)14-8-5-4-7-13(14)12-9-6-10-15(11(12)2)22-17(19)20/h4-10H,3H2,1-2H3,(H,19,20). The van der Waals surface area contributed by atoms with Gasteiger partial charge >= 0.3 is 12.1 Å². The van der Waals surface area contributed by atoms with Gasteiger partial charge < -0.3 is 14.6 Å². The molecule has 0 saturated heterocycles. The third-order valence-corrected chi connectivity index (χ3v) is 3.19. The minimum absolute atomic E-state index is 0.240. The van der Waals surface area contributed by atoms with Crippen LogP contribution in [0.5, 0.6) is 5.75 Å². The second kappa shape index (κ2) is 6.76. The van der Waals surface area contributed by atoms with Crippen LogP contribution in [-0.2, 0) is 4.74 Å². The molecule has 5 nitrogen and oxygen atoms in total. The van der Waals surface area contributed by atoms with E-state index in [1.54, 1.807) is 44.2 Å². The van der Waals surface area contributed by atoms with Crippen molar-refractivity contribution in [2.24, 2.45) is 0 Å². The molecule has 0 saturated carbocycles. The van der Waals surface area contributed by atoms with Crippen LogP contribution in [0.4, 0.5) is 4.79 Å². The van der Waals surface area contributed by atoms with Crippen molar-refractivity contribution < 1.29 is 24.2 Å². The van der Waals surface area contributed by atoms with Gasteiger partial charge in [-0.25, -0.2) is 9.59 Å².